The normalized spacial score (nSPS) is 14.0. The summed E-state index contributed by atoms with van der Waals surface area (Å²) in [7, 11) is 0. The second-order valence-corrected chi connectivity index (χ2v) is 7.70. The van der Waals surface area contributed by atoms with Crippen molar-refractivity contribution in [3.63, 3.8) is 0 Å². The zero-order chi connectivity index (χ0) is 17.3. The van der Waals surface area contributed by atoms with Crippen molar-refractivity contribution in [2.24, 2.45) is 5.73 Å². The minimum absolute atomic E-state index is 0.274. The number of rotatable bonds is 6. The predicted octanol–water partition coefficient (Wildman–Crippen LogP) is 5.15. The first-order chi connectivity index (χ1) is 11.5. The van der Waals surface area contributed by atoms with Crippen molar-refractivity contribution in [3.8, 4) is 0 Å². The highest BCUT2D eigenvalue weighted by molar-refractivity contribution is 9.10. The largest absolute Gasteiger partial charge is 0.456 e. The summed E-state index contributed by atoms with van der Waals surface area (Å²) in [6.45, 7) is 2.09. The van der Waals surface area contributed by atoms with Crippen LogP contribution >= 0.6 is 38.9 Å². The number of nitrogens with one attached hydrogen (secondary N) is 1. The summed E-state index contributed by atoms with van der Waals surface area (Å²) >= 11 is 11.3. The Balaban J connectivity index is 1.94. The van der Waals surface area contributed by atoms with E-state index in [1.807, 2.05) is 17.5 Å². The van der Waals surface area contributed by atoms with Crippen LogP contribution < -0.4 is 11.1 Å². The number of hydrogen-bond acceptors (Lipinski definition) is 5. The fraction of sp³-hybridized carbons (Fsp3) is 0.312. The van der Waals surface area contributed by atoms with E-state index in [1.165, 1.54) is 11.8 Å². The molecule has 0 aromatic carbocycles. The molecule has 128 valence electrons. The summed E-state index contributed by atoms with van der Waals surface area (Å²) in [6, 6.07) is 5.12. The first-order valence-corrected chi connectivity index (χ1v) is 9.44. The van der Waals surface area contributed by atoms with Crippen molar-refractivity contribution in [2.45, 2.75) is 32.1 Å². The third-order valence-corrected chi connectivity index (χ3v) is 5.55. The average Bonchev–Trinajstić information content (AvgIpc) is 3.15. The molecule has 3 aromatic heterocycles. The Labute approximate surface area is 156 Å². The molecule has 0 fully saturated rings. The molecule has 8 heteroatoms. The van der Waals surface area contributed by atoms with Crippen LogP contribution in [0.15, 0.2) is 32.5 Å². The summed E-state index contributed by atoms with van der Waals surface area (Å²) in [5, 5.41) is 5.69. The van der Waals surface area contributed by atoms with E-state index in [1.54, 1.807) is 17.4 Å². The van der Waals surface area contributed by atoms with Gasteiger partial charge >= 0.3 is 0 Å². The van der Waals surface area contributed by atoms with Gasteiger partial charge in [0.15, 0.2) is 5.58 Å². The monoisotopic (exact) mass is 431 g/mol. The fourth-order valence-electron chi connectivity index (χ4n) is 2.29. The molecule has 4 nitrogen and oxygen atoms in total. The van der Waals surface area contributed by atoms with Crippen molar-refractivity contribution in [2.75, 3.05) is 5.32 Å². The van der Waals surface area contributed by atoms with Gasteiger partial charge in [-0.05, 0) is 34.3 Å². The first kappa shape index (κ1) is 17.7. The van der Waals surface area contributed by atoms with Gasteiger partial charge < -0.3 is 15.5 Å². The van der Waals surface area contributed by atoms with Crippen molar-refractivity contribution in [3.05, 3.63) is 43.8 Å². The maximum absolute atomic E-state index is 13.4. The second-order valence-electron chi connectivity index (χ2n) is 5.49. The minimum Gasteiger partial charge on any atom is -0.456 e. The number of anilines is 1. The molecule has 24 heavy (non-hydrogen) atoms. The Hall–Kier alpha value is -1.15. The molecule has 0 amide bonds. The highest BCUT2D eigenvalue weighted by Crippen LogP contribution is 2.36. The van der Waals surface area contributed by atoms with Crippen LogP contribution in [0.25, 0.3) is 11.1 Å². The van der Waals surface area contributed by atoms with Crippen LogP contribution in [0.4, 0.5) is 10.1 Å². The molecule has 3 heterocycles. The van der Waals surface area contributed by atoms with E-state index in [0.29, 0.717) is 33.0 Å². The molecule has 3 N–H and O–H groups in total. The minimum atomic E-state index is -1.13. The zero-order valence-corrected chi connectivity index (χ0v) is 16.0. The number of aromatic nitrogens is 1. The van der Waals surface area contributed by atoms with Gasteiger partial charge in [-0.3, -0.25) is 0 Å². The highest BCUT2D eigenvalue weighted by atomic mass is 79.9. The Bertz CT molecular complexity index is 838. The van der Waals surface area contributed by atoms with Gasteiger partial charge in [-0.1, -0.05) is 17.7 Å². The summed E-state index contributed by atoms with van der Waals surface area (Å²) in [5.74, 6) is 0.566. The molecule has 0 bridgehead atoms. The Morgan fingerprint density at radius 3 is 3.00 bits per heavy atom. The number of furan rings is 1. The van der Waals surface area contributed by atoms with E-state index in [-0.39, 0.29) is 6.42 Å². The quantitative estimate of drug-likeness (QED) is 0.529. The molecule has 0 saturated carbocycles. The van der Waals surface area contributed by atoms with Gasteiger partial charge in [-0.15, -0.1) is 11.3 Å². The third kappa shape index (κ3) is 3.74. The van der Waals surface area contributed by atoms with Crippen LogP contribution in [0.1, 0.15) is 17.6 Å². The van der Waals surface area contributed by atoms with Gasteiger partial charge in [0.05, 0.1) is 10.2 Å². The maximum Gasteiger partial charge on any atom is 0.177 e. The zero-order valence-electron chi connectivity index (χ0n) is 12.9. The third-order valence-electron chi connectivity index (χ3n) is 3.66. The average molecular weight is 433 g/mol. The Kier molecular flexibility index (Phi) is 5.44. The number of pyridine rings is 1. The van der Waals surface area contributed by atoms with Gasteiger partial charge in [0.2, 0.25) is 0 Å². The number of alkyl halides is 1. The molecule has 2 atom stereocenters. The predicted molar refractivity (Wildman–Crippen MR) is 101 cm³/mol. The molecule has 0 aliphatic heterocycles. The lowest BCUT2D eigenvalue weighted by atomic mass is 10.1. The van der Waals surface area contributed by atoms with Gasteiger partial charge in [-0.25, -0.2) is 9.37 Å². The highest BCUT2D eigenvalue weighted by Gasteiger charge is 2.21. The van der Waals surface area contributed by atoms with Crippen LogP contribution in [0, 0.1) is 0 Å². The smallest absolute Gasteiger partial charge is 0.177 e. The molecule has 3 rings (SSSR count). The van der Waals surface area contributed by atoms with Crippen molar-refractivity contribution in [1.29, 1.82) is 0 Å². The molecular weight excluding hydrogens is 417 g/mol. The number of nitrogens with two attached hydrogens (primary N) is 1. The van der Waals surface area contributed by atoms with Crippen LogP contribution in [0.5, 0.6) is 0 Å². The maximum atomic E-state index is 13.4. The summed E-state index contributed by atoms with van der Waals surface area (Å²) in [5.41, 5.74) is 7.74. The van der Waals surface area contributed by atoms with E-state index in [4.69, 9.17) is 21.8 Å². The van der Waals surface area contributed by atoms with Gasteiger partial charge in [0.25, 0.3) is 0 Å². The van der Waals surface area contributed by atoms with Crippen LogP contribution in [0.2, 0.25) is 5.15 Å². The molecule has 3 aromatic rings. The molecular formula is C16H16BrClFN3OS. The van der Waals surface area contributed by atoms with Crippen molar-refractivity contribution >= 4 is 55.7 Å². The lowest BCUT2D eigenvalue weighted by molar-refractivity contribution is 0.295. The second kappa shape index (κ2) is 7.39. The van der Waals surface area contributed by atoms with Crippen molar-refractivity contribution < 1.29 is 8.81 Å². The fourth-order valence-corrected chi connectivity index (χ4v) is 3.64. The number of nitrogens with zero attached hydrogens (tertiary/aromatic N) is 1. The molecule has 0 aliphatic carbocycles. The van der Waals surface area contributed by atoms with Crippen LogP contribution in [-0.2, 0) is 13.0 Å². The first-order valence-electron chi connectivity index (χ1n) is 7.39. The van der Waals surface area contributed by atoms with Gasteiger partial charge in [0.1, 0.15) is 22.6 Å². The number of hydrogen-bond donors (Lipinski definition) is 2. The molecule has 0 saturated heterocycles. The standard InChI is InChI=1S/C16H16BrClFN3OS/c1-8(19)10(20)5-12-14(17)15-16(23-12)11(6-13(18)22-15)21-7-9-3-2-4-24-9/h2-4,6,8,10H,5,7,20H2,1H3,(H,21,22). The lowest BCUT2D eigenvalue weighted by Crippen LogP contribution is -2.31. The molecule has 0 aliphatic rings. The number of fused-ring (bicyclic) bond motifs is 1. The Morgan fingerprint density at radius 1 is 1.54 bits per heavy atom. The van der Waals surface area contributed by atoms with Gasteiger partial charge in [-0.2, -0.15) is 0 Å². The lowest BCUT2D eigenvalue weighted by Gasteiger charge is -2.10. The topological polar surface area (TPSA) is 64.1 Å². The van der Waals surface area contributed by atoms with Crippen LogP contribution in [0.3, 0.4) is 0 Å². The van der Waals surface area contributed by atoms with E-state index in [9.17, 15) is 4.39 Å². The van der Waals surface area contributed by atoms with E-state index in [0.717, 1.165) is 5.69 Å². The van der Waals surface area contributed by atoms with E-state index < -0.39 is 12.2 Å². The molecule has 0 radical (unpaired) electrons. The molecule has 0 spiro atoms. The summed E-state index contributed by atoms with van der Waals surface area (Å²) in [4.78, 5) is 5.50. The Morgan fingerprint density at radius 2 is 2.33 bits per heavy atom. The van der Waals surface area contributed by atoms with Gasteiger partial charge in [0, 0.05) is 30.0 Å². The number of halogens is 3. The van der Waals surface area contributed by atoms with E-state index in [2.05, 4.69) is 26.2 Å². The number of thiophene rings is 1. The summed E-state index contributed by atoms with van der Waals surface area (Å²) < 4.78 is 19.9. The van der Waals surface area contributed by atoms with E-state index >= 15 is 0 Å². The SMILES string of the molecule is CC(F)C(N)Cc1oc2c(NCc3cccs3)cc(Cl)nc2c1Br. The van der Waals surface area contributed by atoms with Crippen LogP contribution in [-0.4, -0.2) is 17.2 Å². The summed E-state index contributed by atoms with van der Waals surface area (Å²) in [6.07, 6.45) is -0.852. The van der Waals surface area contributed by atoms with Crippen molar-refractivity contribution in [1.82, 2.24) is 4.98 Å². The molecule has 2 unspecified atom stereocenters.